The van der Waals surface area contributed by atoms with E-state index in [-0.39, 0.29) is 0 Å². The van der Waals surface area contributed by atoms with E-state index in [1.165, 1.54) is 97.4 Å². The molecule has 0 aliphatic carbocycles. The standard InChI is InChI=1S/C48H30N2S/c1-3-12-31(13-4-1)33-22-24-35(25-23-33)50-41-20-9-7-18-37(41)38-27-29-44-46(47(38)50)40-26-28-43-45(48(40)51-44)39-19-8-10-21-42(39)49(43)36-17-11-16-34(30-36)32-14-5-2-6-15-32/h1-30H. The van der Waals surface area contributed by atoms with Crippen LogP contribution >= 0.6 is 11.3 Å². The van der Waals surface area contributed by atoms with Crippen molar-refractivity contribution in [1.29, 1.82) is 0 Å². The summed E-state index contributed by atoms with van der Waals surface area (Å²) in [5, 5.41) is 7.78. The minimum absolute atomic E-state index is 1.17. The van der Waals surface area contributed by atoms with Gasteiger partial charge in [0.2, 0.25) is 0 Å². The maximum atomic E-state index is 2.48. The van der Waals surface area contributed by atoms with Crippen LogP contribution in [0.2, 0.25) is 0 Å². The van der Waals surface area contributed by atoms with E-state index in [0.717, 1.165) is 0 Å². The fourth-order valence-corrected chi connectivity index (χ4v) is 9.52. The first-order chi connectivity index (χ1) is 25.3. The Morgan fingerprint density at radius 2 is 0.941 bits per heavy atom. The fourth-order valence-electron chi connectivity index (χ4n) is 8.26. The topological polar surface area (TPSA) is 9.86 Å². The molecule has 0 spiro atoms. The lowest BCUT2D eigenvalue weighted by molar-refractivity contribution is 1.18. The summed E-state index contributed by atoms with van der Waals surface area (Å²) in [4.78, 5) is 0. The van der Waals surface area contributed by atoms with Crippen LogP contribution in [0.15, 0.2) is 182 Å². The van der Waals surface area contributed by atoms with E-state index in [2.05, 4.69) is 191 Å². The van der Waals surface area contributed by atoms with Gasteiger partial charge >= 0.3 is 0 Å². The van der Waals surface area contributed by atoms with E-state index in [4.69, 9.17) is 0 Å². The predicted molar refractivity (Wildman–Crippen MR) is 219 cm³/mol. The number of para-hydroxylation sites is 2. The number of thiophene rings is 1. The van der Waals surface area contributed by atoms with Crippen molar-refractivity contribution in [3.63, 3.8) is 0 Å². The van der Waals surface area contributed by atoms with Gasteiger partial charge in [-0.15, -0.1) is 11.3 Å². The summed E-state index contributed by atoms with van der Waals surface area (Å²) in [6.45, 7) is 0. The third kappa shape index (κ3) is 4.22. The highest BCUT2D eigenvalue weighted by Crippen LogP contribution is 2.47. The van der Waals surface area contributed by atoms with Gasteiger partial charge in [-0.2, -0.15) is 0 Å². The summed E-state index contributed by atoms with van der Waals surface area (Å²) in [7, 11) is 0. The van der Waals surface area contributed by atoms with Gasteiger partial charge in [-0.05, 0) is 70.8 Å². The zero-order valence-electron chi connectivity index (χ0n) is 27.6. The van der Waals surface area contributed by atoms with E-state index < -0.39 is 0 Å². The summed E-state index contributed by atoms with van der Waals surface area (Å²) < 4.78 is 7.57. The van der Waals surface area contributed by atoms with Crippen LogP contribution in [0.1, 0.15) is 0 Å². The molecule has 0 bridgehead atoms. The van der Waals surface area contributed by atoms with Crippen LogP contribution < -0.4 is 0 Å². The molecule has 0 unspecified atom stereocenters. The Kier molecular flexibility index (Phi) is 6.16. The third-order valence-electron chi connectivity index (χ3n) is 10.5. The molecule has 0 N–H and O–H groups in total. The van der Waals surface area contributed by atoms with Crippen molar-refractivity contribution in [1.82, 2.24) is 9.13 Å². The van der Waals surface area contributed by atoms with Crippen LogP contribution in [0.5, 0.6) is 0 Å². The van der Waals surface area contributed by atoms with Gasteiger partial charge in [0.05, 0.1) is 22.1 Å². The third-order valence-corrected chi connectivity index (χ3v) is 11.7. The van der Waals surface area contributed by atoms with Crippen LogP contribution in [0, 0.1) is 0 Å². The van der Waals surface area contributed by atoms with Gasteiger partial charge in [0.25, 0.3) is 0 Å². The van der Waals surface area contributed by atoms with Gasteiger partial charge < -0.3 is 9.13 Å². The normalized spacial score (nSPS) is 11.9. The summed E-state index contributed by atoms with van der Waals surface area (Å²) >= 11 is 1.92. The van der Waals surface area contributed by atoms with Gasteiger partial charge in [0.15, 0.2) is 0 Å². The molecule has 0 atom stereocenters. The molecule has 0 amide bonds. The van der Waals surface area contributed by atoms with Gasteiger partial charge in [0.1, 0.15) is 0 Å². The molecule has 11 aromatic rings. The zero-order valence-corrected chi connectivity index (χ0v) is 28.4. The van der Waals surface area contributed by atoms with Crippen molar-refractivity contribution < 1.29 is 0 Å². The molecule has 0 aliphatic rings. The molecule has 51 heavy (non-hydrogen) atoms. The lowest BCUT2D eigenvalue weighted by Gasteiger charge is -2.11. The Morgan fingerprint density at radius 3 is 1.71 bits per heavy atom. The Bertz CT molecular complexity index is 3110. The fraction of sp³-hybridized carbons (Fsp3) is 0. The minimum Gasteiger partial charge on any atom is -0.309 e. The average Bonchev–Trinajstić information content (AvgIpc) is 3.86. The van der Waals surface area contributed by atoms with Crippen molar-refractivity contribution in [3.05, 3.63) is 182 Å². The molecule has 0 saturated heterocycles. The van der Waals surface area contributed by atoms with E-state index >= 15 is 0 Å². The van der Waals surface area contributed by atoms with E-state index in [0.29, 0.717) is 0 Å². The zero-order chi connectivity index (χ0) is 33.5. The van der Waals surface area contributed by atoms with E-state index in [1.54, 1.807) is 0 Å². The van der Waals surface area contributed by atoms with Crippen molar-refractivity contribution >= 4 is 75.1 Å². The summed E-state index contributed by atoms with van der Waals surface area (Å²) in [5.74, 6) is 0. The van der Waals surface area contributed by atoms with Crippen molar-refractivity contribution in [2.75, 3.05) is 0 Å². The number of aromatic nitrogens is 2. The molecule has 238 valence electrons. The van der Waals surface area contributed by atoms with Crippen LogP contribution in [-0.2, 0) is 0 Å². The van der Waals surface area contributed by atoms with Gasteiger partial charge in [0, 0.05) is 53.1 Å². The Balaban J connectivity index is 1.20. The van der Waals surface area contributed by atoms with E-state index in [1.807, 2.05) is 11.3 Å². The van der Waals surface area contributed by atoms with Crippen molar-refractivity contribution in [2.24, 2.45) is 0 Å². The monoisotopic (exact) mass is 666 g/mol. The molecule has 3 heterocycles. The highest BCUT2D eigenvalue weighted by molar-refractivity contribution is 7.27. The largest absolute Gasteiger partial charge is 0.309 e. The number of hydrogen-bond acceptors (Lipinski definition) is 1. The lowest BCUT2D eigenvalue weighted by atomic mass is 10.0. The van der Waals surface area contributed by atoms with Crippen LogP contribution in [0.3, 0.4) is 0 Å². The second-order valence-electron chi connectivity index (χ2n) is 13.3. The molecule has 3 aromatic heterocycles. The lowest BCUT2D eigenvalue weighted by Crippen LogP contribution is -1.94. The first kappa shape index (κ1) is 28.4. The number of nitrogens with zero attached hydrogens (tertiary/aromatic N) is 2. The van der Waals surface area contributed by atoms with Gasteiger partial charge in [-0.25, -0.2) is 0 Å². The number of benzene rings is 8. The van der Waals surface area contributed by atoms with Gasteiger partial charge in [-0.3, -0.25) is 0 Å². The molecular weight excluding hydrogens is 637 g/mol. The summed E-state index contributed by atoms with van der Waals surface area (Å²) in [6, 6.07) is 66.4. The summed E-state index contributed by atoms with van der Waals surface area (Å²) in [5.41, 5.74) is 12.2. The molecule has 0 radical (unpaired) electrons. The molecule has 3 heteroatoms. The second-order valence-corrected chi connectivity index (χ2v) is 14.4. The highest BCUT2D eigenvalue weighted by atomic mass is 32.1. The Hall–Kier alpha value is -6.42. The molecule has 2 nitrogen and oxygen atoms in total. The van der Waals surface area contributed by atoms with Crippen molar-refractivity contribution in [3.8, 4) is 33.6 Å². The minimum atomic E-state index is 1.17. The summed E-state index contributed by atoms with van der Waals surface area (Å²) in [6.07, 6.45) is 0. The second kappa shape index (κ2) is 11.0. The smallest absolute Gasteiger partial charge is 0.0634 e. The molecule has 0 aliphatic heterocycles. The molecule has 0 saturated carbocycles. The maximum Gasteiger partial charge on any atom is 0.0634 e. The number of hydrogen-bond donors (Lipinski definition) is 0. The van der Waals surface area contributed by atoms with E-state index in [9.17, 15) is 0 Å². The van der Waals surface area contributed by atoms with Crippen LogP contribution in [0.25, 0.3) is 97.4 Å². The SMILES string of the molecule is c1ccc(-c2ccc(-n3c4ccccc4c4ccc5sc6c(ccc7c6c6ccccc6n7-c6cccc(-c7ccccc7)c6)c5c43)cc2)cc1. The van der Waals surface area contributed by atoms with Crippen LogP contribution in [0.4, 0.5) is 0 Å². The number of fused-ring (bicyclic) bond motifs is 11. The highest BCUT2D eigenvalue weighted by Gasteiger charge is 2.22. The molecule has 8 aromatic carbocycles. The first-order valence-corrected chi connectivity index (χ1v) is 18.3. The number of rotatable bonds is 4. The maximum absolute atomic E-state index is 2.48. The molecular formula is C48H30N2S. The average molecular weight is 667 g/mol. The quantitative estimate of drug-likeness (QED) is 0.177. The molecule has 0 fully saturated rings. The first-order valence-electron chi connectivity index (χ1n) is 17.4. The Labute approximate surface area is 298 Å². The van der Waals surface area contributed by atoms with Crippen LogP contribution in [-0.4, -0.2) is 9.13 Å². The predicted octanol–water partition coefficient (Wildman–Crippen LogP) is 13.6. The van der Waals surface area contributed by atoms with Crippen molar-refractivity contribution in [2.45, 2.75) is 0 Å². The Morgan fingerprint density at radius 1 is 0.333 bits per heavy atom. The van der Waals surface area contributed by atoms with Gasteiger partial charge in [-0.1, -0.05) is 133 Å². The molecule has 11 rings (SSSR count).